The molecule has 1 heterocycles. The molecule has 1 N–H and O–H groups in total. The Morgan fingerprint density at radius 3 is 2.46 bits per heavy atom. The molecule has 1 fully saturated rings. The fourth-order valence-corrected chi connectivity index (χ4v) is 4.10. The summed E-state index contributed by atoms with van der Waals surface area (Å²) in [5, 5.41) is 2.48. The molecule has 1 amide bonds. The lowest BCUT2D eigenvalue weighted by atomic mass is 9.88. The Balaban J connectivity index is 2.20. The van der Waals surface area contributed by atoms with Crippen molar-refractivity contribution in [3.63, 3.8) is 0 Å². The zero-order valence-corrected chi connectivity index (χ0v) is 16.6. The summed E-state index contributed by atoms with van der Waals surface area (Å²) in [5.41, 5.74) is 2.51. The number of nitrogens with zero attached hydrogens (tertiary/aromatic N) is 1. The number of carbonyl (C=O) groups is 1. The van der Waals surface area contributed by atoms with Crippen LogP contribution in [0.2, 0.25) is 0 Å². The molecule has 2 aromatic carbocycles. The Kier molecular flexibility index (Phi) is 5.71. The van der Waals surface area contributed by atoms with Crippen molar-refractivity contribution in [1.29, 1.82) is 0 Å². The summed E-state index contributed by atoms with van der Waals surface area (Å²) in [6, 6.07) is 8.98. The molecular weight excluding hydrogens is 365 g/mol. The number of benzene rings is 2. The Morgan fingerprint density at radius 1 is 1.14 bits per heavy atom. The van der Waals surface area contributed by atoms with Crippen LogP contribution in [0, 0.1) is 0 Å². The summed E-state index contributed by atoms with van der Waals surface area (Å²) in [6.07, 6.45) is -1.10. The zero-order chi connectivity index (χ0) is 20.5. The highest BCUT2D eigenvalue weighted by Gasteiger charge is 2.53. The number of carbonyl (C=O) groups excluding carboxylic acids is 1. The highest BCUT2D eigenvalue weighted by Crippen LogP contribution is 2.46. The number of hydrogen-bond acceptors (Lipinski definition) is 2. The number of halogens is 3. The summed E-state index contributed by atoms with van der Waals surface area (Å²) in [6.45, 7) is 5.42. The van der Waals surface area contributed by atoms with E-state index in [0.717, 1.165) is 29.7 Å². The predicted molar refractivity (Wildman–Crippen MR) is 105 cm³/mol. The number of fused-ring (bicyclic) bond motifs is 1. The SMILES string of the molecule is CCCCCc1ccc2ccccc2c1[C@H](N1NC(=O)CC1(C)C)C(F)(F)F. The fraction of sp³-hybridized carbons (Fsp3) is 0.500. The van der Waals surface area contributed by atoms with E-state index < -0.39 is 17.8 Å². The van der Waals surface area contributed by atoms with Gasteiger partial charge in [0.1, 0.15) is 0 Å². The molecule has 0 aromatic heterocycles. The minimum atomic E-state index is -4.53. The number of hydrogen-bond donors (Lipinski definition) is 1. The number of amides is 1. The lowest BCUT2D eigenvalue weighted by Crippen LogP contribution is -2.51. The van der Waals surface area contributed by atoms with E-state index in [1.807, 2.05) is 24.3 Å². The minimum Gasteiger partial charge on any atom is -0.287 e. The molecule has 1 aliphatic rings. The quantitative estimate of drug-likeness (QED) is 0.641. The molecule has 2 aromatic rings. The van der Waals surface area contributed by atoms with Crippen LogP contribution >= 0.6 is 0 Å². The molecule has 28 heavy (non-hydrogen) atoms. The topological polar surface area (TPSA) is 32.3 Å². The molecular formula is C22H27F3N2O. The standard InChI is InChI=1S/C22H27F3N2O/c1-4-5-6-10-16-13-12-15-9-7-8-11-17(15)19(16)20(22(23,24)25)27-21(2,3)14-18(28)26-27/h7-9,11-13,20H,4-6,10,14H2,1-3H3,(H,26,28)/t20-/m0/s1. The van der Waals surface area contributed by atoms with Gasteiger partial charge >= 0.3 is 6.18 Å². The normalized spacial score (nSPS) is 18.4. The van der Waals surface area contributed by atoms with Crippen LogP contribution in [0.3, 0.4) is 0 Å². The lowest BCUT2D eigenvalue weighted by Gasteiger charge is -2.39. The summed E-state index contributed by atoms with van der Waals surface area (Å²) < 4.78 is 43.3. The molecule has 3 rings (SSSR count). The number of aryl methyl sites for hydroxylation is 1. The molecule has 0 spiro atoms. The van der Waals surface area contributed by atoms with Crippen molar-refractivity contribution < 1.29 is 18.0 Å². The molecule has 1 saturated heterocycles. The van der Waals surface area contributed by atoms with Crippen LogP contribution < -0.4 is 5.43 Å². The number of alkyl halides is 3. The first-order valence-electron chi connectivity index (χ1n) is 9.81. The van der Waals surface area contributed by atoms with Crippen molar-refractivity contribution in [1.82, 2.24) is 10.4 Å². The summed E-state index contributed by atoms with van der Waals surface area (Å²) in [7, 11) is 0. The molecule has 152 valence electrons. The van der Waals surface area contributed by atoms with E-state index in [9.17, 15) is 18.0 Å². The third kappa shape index (κ3) is 4.02. The Hall–Kier alpha value is -2.08. The van der Waals surface area contributed by atoms with Crippen molar-refractivity contribution in [3.8, 4) is 0 Å². The van der Waals surface area contributed by atoms with Crippen molar-refractivity contribution in [2.75, 3.05) is 0 Å². The highest BCUT2D eigenvalue weighted by molar-refractivity contribution is 5.87. The van der Waals surface area contributed by atoms with E-state index in [2.05, 4.69) is 12.3 Å². The van der Waals surface area contributed by atoms with Crippen molar-refractivity contribution in [3.05, 3.63) is 47.5 Å². The van der Waals surface area contributed by atoms with Gasteiger partial charge < -0.3 is 0 Å². The number of rotatable bonds is 6. The van der Waals surface area contributed by atoms with E-state index in [4.69, 9.17) is 0 Å². The van der Waals surface area contributed by atoms with Crippen LogP contribution in [0.5, 0.6) is 0 Å². The Morgan fingerprint density at radius 2 is 1.86 bits per heavy atom. The van der Waals surface area contributed by atoms with Gasteiger partial charge in [-0.25, -0.2) is 0 Å². The number of hydrazine groups is 1. The second-order valence-electron chi connectivity index (χ2n) is 8.15. The van der Waals surface area contributed by atoms with Gasteiger partial charge in [0.05, 0.1) is 0 Å². The van der Waals surface area contributed by atoms with E-state index in [0.29, 0.717) is 17.4 Å². The van der Waals surface area contributed by atoms with Crippen LogP contribution in [0.25, 0.3) is 10.8 Å². The fourth-order valence-electron chi connectivity index (χ4n) is 4.10. The first-order chi connectivity index (χ1) is 13.1. The van der Waals surface area contributed by atoms with Crippen molar-refractivity contribution >= 4 is 16.7 Å². The first kappa shape index (κ1) is 20.6. The van der Waals surface area contributed by atoms with Gasteiger partial charge in [0, 0.05) is 12.0 Å². The third-order valence-corrected chi connectivity index (χ3v) is 5.44. The largest absolute Gasteiger partial charge is 0.409 e. The van der Waals surface area contributed by atoms with Crippen LogP contribution in [-0.2, 0) is 11.2 Å². The molecule has 0 unspecified atom stereocenters. The first-order valence-corrected chi connectivity index (χ1v) is 9.81. The van der Waals surface area contributed by atoms with Crippen LogP contribution in [-0.4, -0.2) is 22.6 Å². The summed E-state index contributed by atoms with van der Waals surface area (Å²) in [4.78, 5) is 12.0. The van der Waals surface area contributed by atoms with Gasteiger partial charge in [-0.3, -0.25) is 10.2 Å². The zero-order valence-electron chi connectivity index (χ0n) is 16.6. The Bertz CT molecular complexity index is 860. The monoisotopic (exact) mass is 392 g/mol. The van der Waals surface area contributed by atoms with Crippen molar-refractivity contribution in [2.45, 2.75) is 70.6 Å². The molecule has 6 heteroatoms. The molecule has 0 bridgehead atoms. The molecule has 0 saturated carbocycles. The van der Waals surface area contributed by atoms with E-state index >= 15 is 0 Å². The molecule has 1 aliphatic heterocycles. The van der Waals surface area contributed by atoms with Crippen LogP contribution in [0.4, 0.5) is 13.2 Å². The van der Waals surface area contributed by atoms with E-state index in [-0.39, 0.29) is 17.9 Å². The van der Waals surface area contributed by atoms with Crippen molar-refractivity contribution in [2.24, 2.45) is 0 Å². The van der Waals surface area contributed by atoms with Gasteiger partial charge in [-0.05, 0) is 48.6 Å². The molecule has 0 aliphatic carbocycles. The maximum Gasteiger partial charge on any atom is 0.409 e. The summed E-state index contributed by atoms with van der Waals surface area (Å²) >= 11 is 0. The van der Waals surface area contributed by atoms with Gasteiger partial charge in [-0.15, -0.1) is 0 Å². The van der Waals surface area contributed by atoms with E-state index in [1.54, 1.807) is 26.0 Å². The second kappa shape index (κ2) is 7.74. The highest BCUT2D eigenvalue weighted by atomic mass is 19.4. The molecule has 3 nitrogen and oxygen atoms in total. The van der Waals surface area contributed by atoms with Gasteiger partial charge in [-0.1, -0.05) is 56.2 Å². The van der Waals surface area contributed by atoms with Gasteiger partial charge in [0.15, 0.2) is 6.04 Å². The van der Waals surface area contributed by atoms with E-state index in [1.165, 1.54) is 0 Å². The smallest absolute Gasteiger partial charge is 0.287 e. The molecule has 0 radical (unpaired) electrons. The second-order valence-corrected chi connectivity index (χ2v) is 8.15. The van der Waals surface area contributed by atoms with Gasteiger partial charge in [0.25, 0.3) is 0 Å². The maximum absolute atomic E-state index is 14.4. The number of unbranched alkanes of at least 4 members (excludes halogenated alkanes) is 2. The maximum atomic E-state index is 14.4. The third-order valence-electron chi connectivity index (χ3n) is 5.44. The van der Waals surface area contributed by atoms with Crippen LogP contribution in [0.15, 0.2) is 36.4 Å². The lowest BCUT2D eigenvalue weighted by molar-refractivity contribution is -0.203. The summed E-state index contributed by atoms with van der Waals surface area (Å²) in [5.74, 6) is -0.382. The van der Waals surface area contributed by atoms with Gasteiger partial charge in [-0.2, -0.15) is 18.2 Å². The average molecular weight is 392 g/mol. The minimum absolute atomic E-state index is 0.0372. The van der Waals surface area contributed by atoms with Gasteiger partial charge in [0.2, 0.25) is 5.91 Å². The van der Waals surface area contributed by atoms with Crippen LogP contribution in [0.1, 0.15) is 63.6 Å². The average Bonchev–Trinajstić information content (AvgIpc) is 2.87. The number of nitrogens with one attached hydrogen (secondary N) is 1. The Labute approximate surface area is 163 Å². The molecule has 1 atom stereocenters. The predicted octanol–water partition coefficient (Wildman–Crippen LogP) is 5.69.